The lowest BCUT2D eigenvalue weighted by Crippen LogP contribution is -2.45. The van der Waals surface area contributed by atoms with E-state index in [-0.39, 0.29) is 23.4 Å². The highest BCUT2D eigenvalue weighted by Crippen LogP contribution is 2.22. The topological polar surface area (TPSA) is 95.6 Å². The number of carbonyl (C=O) groups is 1. The summed E-state index contributed by atoms with van der Waals surface area (Å²) >= 11 is 0. The van der Waals surface area contributed by atoms with Crippen molar-refractivity contribution in [3.05, 3.63) is 23.8 Å². The number of anilines is 1. The van der Waals surface area contributed by atoms with Gasteiger partial charge < -0.3 is 21.3 Å². The lowest BCUT2D eigenvalue weighted by atomic mass is 9.92. The lowest BCUT2D eigenvalue weighted by Gasteiger charge is -2.28. The van der Waals surface area contributed by atoms with Gasteiger partial charge in [0, 0.05) is 5.56 Å². The van der Waals surface area contributed by atoms with Crippen LogP contribution < -0.4 is 11.1 Å². The third kappa shape index (κ3) is 2.73. The second kappa shape index (κ2) is 5.27. The van der Waals surface area contributed by atoms with Gasteiger partial charge in [-0.3, -0.25) is 4.79 Å². The summed E-state index contributed by atoms with van der Waals surface area (Å²) in [6, 6.07) is 4.17. The average molecular weight is 250 g/mol. The maximum atomic E-state index is 11.9. The number of hydrogen-bond acceptors (Lipinski definition) is 4. The molecule has 18 heavy (non-hydrogen) atoms. The number of phenolic OH excluding ortho intramolecular Hbond substituents is 1. The normalized spacial score (nSPS) is 23.6. The van der Waals surface area contributed by atoms with Gasteiger partial charge in [0.1, 0.15) is 5.75 Å². The molecule has 0 saturated heterocycles. The summed E-state index contributed by atoms with van der Waals surface area (Å²) < 4.78 is 0. The van der Waals surface area contributed by atoms with Crippen LogP contribution in [-0.2, 0) is 0 Å². The Bertz CT molecular complexity index is 448. The predicted octanol–water partition coefficient (Wildman–Crippen LogP) is 1.01. The summed E-state index contributed by atoms with van der Waals surface area (Å²) in [4.78, 5) is 11.9. The predicted molar refractivity (Wildman–Crippen MR) is 68.2 cm³/mol. The van der Waals surface area contributed by atoms with E-state index in [4.69, 9.17) is 5.73 Å². The minimum atomic E-state index is -0.481. The number of rotatable bonds is 2. The van der Waals surface area contributed by atoms with E-state index in [0.717, 1.165) is 25.7 Å². The largest absolute Gasteiger partial charge is 0.506 e. The summed E-state index contributed by atoms with van der Waals surface area (Å²) in [5, 5.41) is 22.0. The number of aromatic hydroxyl groups is 1. The Labute approximate surface area is 106 Å². The highest BCUT2D eigenvalue weighted by Gasteiger charge is 2.24. The second-order valence-corrected chi connectivity index (χ2v) is 4.71. The molecule has 0 spiro atoms. The molecule has 5 nitrogen and oxygen atoms in total. The van der Waals surface area contributed by atoms with E-state index in [1.54, 1.807) is 6.07 Å². The molecule has 5 heteroatoms. The van der Waals surface area contributed by atoms with Crippen molar-refractivity contribution in [2.24, 2.45) is 0 Å². The molecule has 0 heterocycles. The number of amides is 1. The van der Waals surface area contributed by atoms with E-state index >= 15 is 0 Å². The molecule has 1 saturated carbocycles. The van der Waals surface area contributed by atoms with Crippen LogP contribution >= 0.6 is 0 Å². The molecule has 2 unspecified atom stereocenters. The maximum absolute atomic E-state index is 11.9. The molecule has 2 rings (SSSR count). The summed E-state index contributed by atoms with van der Waals surface area (Å²) in [5.41, 5.74) is 6.06. The van der Waals surface area contributed by atoms with E-state index in [0.29, 0.717) is 5.56 Å². The van der Waals surface area contributed by atoms with Gasteiger partial charge in [-0.1, -0.05) is 12.8 Å². The Morgan fingerprint density at radius 2 is 2.06 bits per heavy atom. The van der Waals surface area contributed by atoms with Crippen molar-refractivity contribution in [2.45, 2.75) is 37.8 Å². The van der Waals surface area contributed by atoms with Crippen LogP contribution in [0.5, 0.6) is 5.75 Å². The number of carbonyl (C=O) groups excluding carboxylic acids is 1. The Morgan fingerprint density at radius 1 is 1.33 bits per heavy atom. The van der Waals surface area contributed by atoms with Gasteiger partial charge in [-0.05, 0) is 31.0 Å². The quantitative estimate of drug-likeness (QED) is 0.465. The van der Waals surface area contributed by atoms with E-state index in [1.807, 2.05) is 0 Å². The molecule has 1 aromatic carbocycles. The molecule has 0 bridgehead atoms. The second-order valence-electron chi connectivity index (χ2n) is 4.71. The van der Waals surface area contributed by atoms with Crippen LogP contribution in [0.25, 0.3) is 0 Å². The molecule has 1 aliphatic rings. The molecule has 1 fully saturated rings. The molecule has 98 valence electrons. The van der Waals surface area contributed by atoms with Crippen molar-refractivity contribution in [3.63, 3.8) is 0 Å². The van der Waals surface area contributed by atoms with Crippen LogP contribution in [0.3, 0.4) is 0 Å². The number of phenols is 1. The summed E-state index contributed by atoms with van der Waals surface area (Å²) in [6.07, 6.45) is 3.03. The average Bonchev–Trinajstić information content (AvgIpc) is 2.35. The van der Waals surface area contributed by atoms with Crippen molar-refractivity contribution in [3.8, 4) is 5.75 Å². The van der Waals surface area contributed by atoms with Crippen LogP contribution in [0.15, 0.2) is 18.2 Å². The maximum Gasteiger partial charge on any atom is 0.251 e. The van der Waals surface area contributed by atoms with Crippen LogP contribution in [0, 0.1) is 0 Å². The van der Waals surface area contributed by atoms with Gasteiger partial charge in [0.15, 0.2) is 0 Å². The highest BCUT2D eigenvalue weighted by molar-refractivity contribution is 5.95. The van der Waals surface area contributed by atoms with Gasteiger partial charge in [0.2, 0.25) is 0 Å². The molecule has 0 radical (unpaired) electrons. The zero-order valence-electron chi connectivity index (χ0n) is 10.1. The third-order valence-electron chi connectivity index (χ3n) is 3.34. The lowest BCUT2D eigenvalue weighted by molar-refractivity contribution is 0.0717. The van der Waals surface area contributed by atoms with Gasteiger partial charge in [-0.25, -0.2) is 0 Å². The molecule has 0 aliphatic heterocycles. The van der Waals surface area contributed by atoms with Crippen LogP contribution in [0.4, 0.5) is 5.69 Å². The smallest absolute Gasteiger partial charge is 0.251 e. The van der Waals surface area contributed by atoms with Gasteiger partial charge in [-0.2, -0.15) is 0 Å². The molecule has 0 aromatic heterocycles. The van der Waals surface area contributed by atoms with Gasteiger partial charge in [-0.15, -0.1) is 0 Å². The van der Waals surface area contributed by atoms with Gasteiger partial charge >= 0.3 is 0 Å². The van der Waals surface area contributed by atoms with Crippen molar-refractivity contribution in [1.29, 1.82) is 0 Å². The van der Waals surface area contributed by atoms with Crippen LogP contribution in [-0.4, -0.2) is 28.3 Å². The first kappa shape index (κ1) is 12.7. The minimum absolute atomic E-state index is 0.105. The number of nitrogen functional groups attached to an aromatic ring is 1. The van der Waals surface area contributed by atoms with E-state index in [9.17, 15) is 15.0 Å². The SMILES string of the molecule is Nc1ccc(C(=O)NC2CCCCC2O)cc1O. The number of aliphatic hydroxyl groups is 1. The van der Waals surface area contributed by atoms with Crippen molar-refractivity contribution in [2.75, 3.05) is 5.73 Å². The molecular formula is C13H18N2O3. The first-order valence-electron chi connectivity index (χ1n) is 6.15. The first-order valence-corrected chi connectivity index (χ1v) is 6.15. The molecule has 2 atom stereocenters. The van der Waals surface area contributed by atoms with E-state index in [1.165, 1.54) is 12.1 Å². The Balaban J connectivity index is 2.04. The van der Waals surface area contributed by atoms with Crippen LogP contribution in [0.1, 0.15) is 36.0 Å². The molecule has 1 aromatic rings. The third-order valence-corrected chi connectivity index (χ3v) is 3.34. The Kier molecular flexibility index (Phi) is 3.72. The number of hydrogen-bond donors (Lipinski definition) is 4. The summed E-state index contributed by atoms with van der Waals surface area (Å²) in [5.74, 6) is -0.400. The zero-order valence-corrected chi connectivity index (χ0v) is 10.1. The fourth-order valence-corrected chi connectivity index (χ4v) is 2.22. The zero-order chi connectivity index (χ0) is 13.1. The monoisotopic (exact) mass is 250 g/mol. The fourth-order valence-electron chi connectivity index (χ4n) is 2.22. The molecule has 1 aliphatic carbocycles. The van der Waals surface area contributed by atoms with Crippen molar-refractivity contribution < 1.29 is 15.0 Å². The Morgan fingerprint density at radius 3 is 2.72 bits per heavy atom. The molecular weight excluding hydrogens is 232 g/mol. The molecule has 1 amide bonds. The van der Waals surface area contributed by atoms with Crippen molar-refractivity contribution >= 4 is 11.6 Å². The number of aliphatic hydroxyl groups excluding tert-OH is 1. The first-order chi connectivity index (χ1) is 8.58. The number of nitrogens with one attached hydrogen (secondary N) is 1. The fraction of sp³-hybridized carbons (Fsp3) is 0.462. The minimum Gasteiger partial charge on any atom is -0.506 e. The van der Waals surface area contributed by atoms with Gasteiger partial charge in [0.25, 0.3) is 5.91 Å². The molecule has 5 N–H and O–H groups in total. The van der Waals surface area contributed by atoms with E-state index < -0.39 is 6.10 Å². The van der Waals surface area contributed by atoms with Gasteiger partial charge in [0.05, 0.1) is 17.8 Å². The van der Waals surface area contributed by atoms with E-state index in [2.05, 4.69) is 5.32 Å². The van der Waals surface area contributed by atoms with Crippen LogP contribution in [0.2, 0.25) is 0 Å². The highest BCUT2D eigenvalue weighted by atomic mass is 16.3. The van der Waals surface area contributed by atoms with Crippen molar-refractivity contribution in [1.82, 2.24) is 5.32 Å². The number of nitrogens with two attached hydrogens (primary N) is 1. The summed E-state index contributed by atoms with van der Waals surface area (Å²) in [6.45, 7) is 0. The number of benzene rings is 1. The Hall–Kier alpha value is -1.75. The standard InChI is InChI=1S/C13H18N2O3/c14-9-6-5-8(7-12(9)17)13(18)15-10-3-1-2-4-11(10)16/h5-7,10-11,16-17H,1-4,14H2,(H,15,18). The summed E-state index contributed by atoms with van der Waals surface area (Å²) in [7, 11) is 0.